The summed E-state index contributed by atoms with van der Waals surface area (Å²) < 4.78 is 13.4. The van der Waals surface area contributed by atoms with E-state index >= 15 is 0 Å². The zero-order valence-corrected chi connectivity index (χ0v) is 31.3. The highest BCUT2D eigenvalue weighted by Crippen LogP contribution is 2.46. The van der Waals surface area contributed by atoms with E-state index in [1.54, 1.807) is 0 Å². The number of allylic oxidation sites excluding steroid dienone is 1. The van der Waals surface area contributed by atoms with E-state index in [0.29, 0.717) is 17.5 Å². The first-order valence-corrected chi connectivity index (χ1v) is 19.7. The van der Waals surface area contributed by atoms with E-state index in [4.69, 9.17) is 23.8 Å². The fourth-order valence-electron chi connectivity index (χ4n) is 8.84. The molecule has 11 aromatic rings. The van der Waals surface area contributed by atoms with E-state index in [1.807, 2.05) is 24.3 Å². The van der Waals surface area contributed by atoms with Gasteiger partial charge in [-0.05, 0) is 87.8 Å². The van der Waals surface area contributed by atoms with Crippen LogP contribution in [0.15, 0.2) is 179 Å². The summed E-state index contributed by atoms with van der Waals surface area (Å²) in [5, 5.41) is 6.62. The average molecular weight is 744 g/mol. The summed E-state index contributed by atoms with van der Waals surface area (Å²) in [4.78, 5) is 15.6. The molecule has 0 spiro atoms. The lowest BCUT2D eigenvalue weighted by molar-refractivity contribution is 0.668. The lowest BCUT2D eigenvalue weighted by Crippen LogP contribution is -2.01. The molecule has 1 aliphatic carbocycles. The fourth-order valence-corrected chi connectivity index (χ4v) is 8.84. The first-order chi connectivity index (χ1) is 28.7. The maximum atomic E-state index is 6.87. The van der Waals surface area contributed by atoms with Crippen LogP contribution in [0.3, 0.4) is 0 Å². The van der Waals surface area contributed by atoms with Crippen molar-refractivity contribution in [3.63, 3.8) is 0 Å². The van der Waals surface area contributed by atoms with Crippen molar-refractivity contribution in [2.75, 3.05) is 0 Å². The van der Waals surface area contributed by atoms with Crippen molar-refractivity contribution in [1.29, 1.82) is 0 Å². The molecule has 0 aliphatic heterocycles. The van der Waals surface area contributed by atoms with Crippen molar-refractivity contribution >= 4 is 60.7 Å². The minimum absolute atomic E-state index is 0.582. The second-order valence-corrected chi connectivity index (χ2v) is 15.0. The molecule has 0 atom stereocenters. The molecule has 0 fully saturated rings. The van der Waals surface area contributed by atoms with Gasteiger partial charge < -0.3 is 8.83 Å². The second kappa shape index (κ2) is 13.0. The molecule has 3 aromatic heterocycles. The lowest BCUT2D eigenvalue weighted by atomic mass is 9.86. The zero-order valence-electron chi connectivity index (χ0n) is 31.3. The number of para-hydroxylation sites is 2. The van der Waals surface area contributed by atoms with Crippen LogP contribution < -0.4 is 0 Å². The number of hydrogen-bond acceptors (Lipinski definition) is 5. The summed E-state index contributed by atoms with van der Waals surface area (Å²) in [5.41, 5.74) is 13.0. The summed E-state index contributed by atoms with van der Waals surface area (Å²) >= 11 is 0. The maximum Gasteiger partial charge on any atom is 0.164 e. The monoisotopic (exact) mass is 743 g/mol. The number of benzene rings is 8. The first kappa shape index (κ1) is 32.6. The molecule has 3 heterocycles. The Kier molecular flexibility index (Phi) is 7.29. The second-order valence-electron chi connectivity index (χ2n) is 15.0. The van der Waals surface area contributed by atoms with Gasteiger partial charge in [0.15, 0.2) is 17.5 Å². The number of fused-ring (bicyclic) bond motifs is 9. The molecule has 0 bridgehead atoms. The molecule has 0 saturated heterocycles. The standard InChI is InChI=1S/C53H33N3O2/c1-2-12-32(13-3-1)34-22-25-35(26-23-34)51-54-52(37-27-24-33-14-4-5-15-36(33)30-37)56-53(55-51)43-29-28-40(50-49(43)42-19-9-11-21-46(42)58-50)44-31-47-48(39-17-7-6-16-38(39)44)41-18-8-10-20-45(41)57-47/h1-6,8-16,18-31H,7,17H2. The van der Waals surface area contributed by atoms with Crippen molar-refractivity contribution in [2.45, 2.75) is 12.8 Å². The number of hydrogen-bond donors (Lipinski definition) is 0. The largest absolute Gasteiger partial charge is 0.456 e. The van der Waals surface area contributed by atoms with Crippen LogP contribution >= 0.6 is 0 Å². The van der Waals surface area contributed by atoms with E-state index in [9.17, 15) is 0 Å². The SMILES string of the molecule is C1=Cc2c(-c3ccc(-c4nc(-c5ccc(-c6ccccc6)cc5)nc(-c5ccc6ccccc6c5)n4)c4c3oc3ccccc34)cc3oc4ccccc4c3c2CC1. The summed E-state index contributed by atoms with van der Waals surface area (Å²) in [6.07, 6.45) is 6.48. The predicted octanol–water partition coefficient (Wildman–Crippen LogP) is 14.1. The molecular formula is C53H33N3O2. The van der Waals surface area contributed by atoms with Crippen LogP contribution in [0.2, 0.25) is 0 Å². The number of nitrogens with zero attached hydrogens (tertiary/aromatic N) is 3. The topological polar surface area (TPSA) is 65.0 Å². The zero-order chi connectivity index (χ0) is 38.2. The highest BCUT2D eigenvalue weighted by molar-refractivity contribution is 6.17. The smallest absolute Gasteiger partial charge is 0.164 e. The van der Waals surface area contributed by atoms with Gasteiger partial charge in [-0.1, -0.05) is 140 Å². The van der Waals surface area contributed by atoms with Gasteiger partial charge in [-0.25, -0.2) is 15.0 Å². The molecule has 58 heavy (non-hydrogen) atoms. The Balaban J connectivity index is 1.09. The summed E-state index contributed by atoms with van der Waals surface area (Å²) in [5.74, 6) is 1.79. The Morgan fingerprint density at radius 2 is 1.03 bits per heavy atom. The molecule has 0 saturated carbocycles. The van der Waals surface area contributed by atoms with Gasteiger partial charge in [-0.2, -0.15) is 0 Å². The van der Waals surface area contributed by atoms with Gasteiger partial charge in [-0.3, -0.25) is 0 Å². The van der Waals surface area contributed by atoms with Crippen molar-refractivity contribution in [2.24, 2.45) is 0 Å². The van der Waals surface area contributed by atoms with Crippen LogP contribution in [0.4, 0.5) is 0 Å². The minimum Gasteiger partial charge on any atom is -0.456 e. The van der Waals surface area contributed by atoms with Crippen LogP contribution in [0.25, 0.3) is 117 Å². The Morgan fingerprint density at radius 3 is 1.86 bits per heavy atom. The van der Waals surface area contributed by atoms with E-state index in [0.717, 1.165) is 101 Å². The van der Waals surface area contributed by atoms with E-state index in [-0.39, 0.29) is 0 Å². The summed E-state index contributed by atoms with van der Waals surface area (Å²) in [6.45, 7) is 0. The third-order valence-corrected chi connectivity index (χ3v) is 11.6. The van der Waals surface area contributed by atoms with E-state index in [2.05, 4.69) is 152 Å². The molecule has 1 aliphatic rings. The third-order valence-electron chi connectivity index (χ3n) is 11.6. The molecule has 8 aromatic carbocycles. The molecule has 5 nitrogen and oxygen atoms in total. The Hall–Kier alpha value is -7.63. The van der Waals surface area contributed by atoms with Crippen LogP contribution in [0, 0.1) is 0 Å². The molecule has 5 heteroatoms. The van der Waals surface area contributed by atoms with Crippen molar-refractivity contribution in [3.8, 4) is 56.4 Å². The van der Waals surface area contributed by atoms with Crippen molar-refractivity contribution in [1.82, 2.24) is 15.0 Å². The number of aryl methyl sites for hydroxylation is 1. The first-order valence-electron chi connectivity index (χ1n) is 19.7. The van der Waals surface area contributed by atoms with Crippen LogP contribution in [-0.4, -0.2) is 15.0 Å². The highest BCUT2D eigenvalue weighted by atomic mass is 16.3. The average Bonchev–Trinajstić information content (AvgIpc) is 3.88. The molecular weight excluding hydrogens is 711 g/mol. The van der Waals surface area contributed by atoms with Gasteiger partial charge in [-0.15, -0.1) is 0 Å². The van der Waals surface area contributed by atoms with Gasteiger partial charge in [0, 0.05) is 43.8 Å². The van der Waals surface area contributed by atoms with Gasteiger partial charge in [0.25, 0.3) is 0 Å². The van der Waals surface area contributed by atoms with E-state index < -0.39 is 0 Å². The molecule has 272 valence electrons. The Bertz CT molecular complexity index is 3450. The van der Waals surface area contributed by atoms with Gasteiger partial charge in [0.05, 0.1) is 0 Å². The molecule has 12 rings (SSSR count). The minimum atomic E-state index is 0.582. The van der Waals surface area contributed by atoms with Crippen molar-refractivity contribution < 1.29 is 8.83 Å². The van der Waals surface area contributed by atoms with Gasteiger partial charge >= 0.3 is 0 Å². The molecule has 0 N–H and O–H groups in total. The summed E-state index contributed by atoms with van der Waals surface area (Å²) in [7, 11) is 0. The Morgan fingerprint density at radius 1 is 0.414 bits per heavy atom. The van der Waals surface area contributed by atoms with Crippen LogP contribution in [-0.2, 0) is 6.42 Å². The number of furan rings is 2. The predicted molar refractivity (Wildman–Crippen MR) is 236 cm³/mol. The Labute approximate surface area is 333 Å². The van der Waals surface area contributed by atoms with Crippen molar-refractivity contribution in [3.05, 3.63) is 181 Å². The van der Waals surface area contributed by atoms with E-state index in [1.165, 1.54) is 16.5 Å². The molecule has 0 amide bonds. The summed E-state index contributed by atoms with van der Waals surface area (Å²) in [6, 6.07) is 56.7. The molecule has 0 unspecified atom stereocenters. The molecule has 0 radical (unpaired) electrons. The van der Waals surface area contributed by atoms with Crippen LogP contribution in [0.1, 0.15) is 17.5 Å². The van der Waals surface area contributed by atoms with Gasteiger partial charge in [0.2, 0.25) is 0 Å². The number of aromatic nitrogens is 3. The number of rotatable bonds is 5. The van der Waals surface area contributed by atoms with Gasteiger partial charge in [0.1, 0.15) is 22.3 Å². The normalized spacial score (nSPS) is 12.6. The fraction of sp³-hybridized carbons (Fsp3) is 0.0377. The quantitative estimate of drug-likeness (QED) is 0.176. The maximum absolute atomic E-state index is 6.87. The highest BCUT2D eigenvalue weighted by Gasteiger charge is 2.25. The van der Waals surface area contributed by atoms with Crippen LogP contribution in [0.5, 0.6) is 0 Å². The lowest BCUT2D eigenvalue weighted by Gasteiger charge is -2.17. The third kappa shape index (κ3) is 5.21.